The summed E-state index contributed by atoms with van der Waals surface area (Å²) in [6.45, 7) is 4.10. The van der Waals surface area contributed by atoms with Gasteiger partial charge in [0, 0.05) is 47.7 Å². The lowest BCUT2D eigenvalue weighted by Crippen LogP contribution is -2.55. The van der Waals surface area contributed by atoms with E-state index in [-0.39, 0.29) is 36.2 Å². The van der Waals surface area contributed by atoms with Gasteiger partial charge in [-0.2, -0.15) is 0 Å². The maximum Gasteiger partial charge on any atom is 0.269 e. The van der Waals surface area contributed by atoms with Crippen LogP contribution in [0.15, 0.2) is 121 Å². The lowest BCUT2D eigenvalue weighted by Gasteiger charge is -2.39. The molecule has 0 bridgehead atoms. The zero-order chi connectivity index (χ0) is 40.4. The van der Waals surface area contributed by atoms with Crippen molar-refractivity contribution in [3.05, 3.63) is 154 Å². The van der Waals surface area contributed by atoms with Gasteiger partial charge in [-0.05, 0) is 73.8 Å². The number of anilines is 3. The summed E-state index contributed by atoms with van der Waals surface area (Å²) in [5.74, 6) is -1.56. The van der Waals surface area contributed by atoms with E-state index in [1.165, 1.54) is 23.1 Å². The molecule has 14 nitrogen and oxygen atoms in total. The first kappa shape index (κ1) is 38.6. The number of nitro benzene ring substituents is 1. The zero-order valence-corrected chi connectivity index (χ0v) is 32.2. The molecule has 1 aromatic heterocycles. The van der Waals surface area contributed by atoms with Crippen molar-refractivity contribution in [2.75, 3.05) is 41.1 Å². The number of fused-ring (bicyclic) bond motifs is 1. The first-order chi connectivity index (χ1) is 28.1. The zero-order valence-electron chi connectivity index (χ0n) is 32.2. The molecule has 8 rings (SSSR count). The number of non-ortho nitro benzene ring substituents is 1. The summed E-state index contributed by atoms with van der Waals surface area (Å²) < 4.78 is 1.68. The van der Waals surface area contributed by atoms with E-state index in [0.29, 0.717) is 43.9 Å². The molecule has 298 valence electrons. The van der Waals surface area contributed by atoms with Crippen molar-refractivity contribution < 1.29 is 24.7 Å². The molecule has 3 aliphatic rings. The van der Waals surface area contributed by atoms with Crippen molar-refractivity contribution in [3.8, 4) is 0 Å². The SMILES string of the molecule is C[C@H](/C=C/CCn1cc(C(CO)c2ccccc2)nn1)[C@@]1(O)C(=O)N(Cc2ccc(N3CN(c4ccccc4)C4(CCNCC4)C3=O)cc2)c2ccc([N+](=O)[O-])cc21. The minimum Gasteiger partial charge on any atom is -0.395 e. The molecule has 58 heavy (non-hydrogen) atoms. The van der Waals surface area contributed by atoms with Crippen LogP contribution in [0, 0.1) is 16.0 Å². The van der Waals surface area contributed by atoms with Crippen LogP contribution in [-0.2, 0) is 28.3 Å². The number of allylic oxidation sites excluding steroid dienone is 1. The molecule has 0 saturated carbocycles. The highest BCUT2D eigenvalue weighted by atomic mass is 16.6. The number of piperidine rings is 1. The number of carbonyl (C=O) groups excluding carboxylic acids is 2. The van der Waals surface area contributed by atoms with Crippen molar-refractivity contribution in [3.63, 3.8) is 0 Å². The number of hydrogen-bond donors (Lipinski definition) is 3. The Morgan fingerprint density at radius 2 is 1.64 bits per heavy atom. The summed E-state index contributed by atoms with van der Waals surface area (Å²) in [5, 5.41) is 46.0. The number of hydrogen-bond acceptors (Lipinski definition) is 10. The fraction of sp³-hybridized carbons (Fsp3) is 0.318. The number of aliphatic hydroxyl groups is 2. The van der Waals surface area contributed by atoms with Gasteiger partial charge in [0.1, 0.15) is 5.54 Å². The van der Waals surface area contributed by atoms with Crippen molar-refractivity contribution >= 4 is 34.6 Å². The summed E-state index contributed by atoms with van der Waals surface area (Å²) in [6, 6.07) is 31.3. The number of nitrogens with zero attached hydrogens (tertiary/aromatic N) is 7. The average Bonchev–Trinajstić information content (AvgIpc) is 3.89. The van der Waals surface area contributed by atoms with E-state index in [1.54, 1.807) is 23.9 Å². The van der Waals surface area contributed by atoms with Gasteiger partial charge in [-0.25, -0.2) is 0 Å². The molecule has 14 heteroatoms. The van der Waals surface area contributed by atoms with E-state index < -0.39 is 27.9 Å². The predicted octanol–water partition coefficient (Wildman–Crippen LogP) is 5.26. The number of aromatic nitrogens is 3. The fourth-order valence-corrected chi connectivity index (χ4v) is 8.62. The molecule has 2 amide bonds. The van der Waals surface area contributed by atoms with Crippen LogP contribution in [0.4, 0.5) is 22.7 Å². The van der Waals surface area contributed by atoms with Crippen LogP contribution in [-0.4, -0.2) is 73.8 Å². The number of nitro groups is 1. The monoisotopic (exact) mass is 782 g/mol. The number of carbonyl (C=O) groups is 2. The number of aliphatic hydroxyl groups excluding tert-OH is 1. The Bertz CT molecular complexity index is 2310. The van der Waals surface area contributed by atoms with E-state index in [1.807, 2.05) is 95.9 Å². The average molecular weight is 783 g/mol. The van der Waals surface area contributed by atoms with Crippen LogP contribution >= 0.6 is 0 Å². The van der Waals surface area contributed by atoms with Gasteiger partial charge in [0.15, 0.2) is 5.60 Å². The lowest BCUT2D eigenvalue weighted by molar-refractivity contribution is -0.385. The van der Waals surface area contributed by atoms with Gasteiger partial charge in [0.2, 0.25) is 0 Å². The van der Waals surface area contributed by atoms with Gasteiger partial charge in [0.05, 0.1) is 42.0 Å². The second kappa shape index (κ2) is 16.0. The highest BCUT2D eigenvalue weighted by Gasteiger charge is 2.54. The standard InChI is InChI=1S/C44H46N8O6/c1-31(10-8-9-25-48-28-39(46-47-48)37(29-53)33-11-4-2-5-12-33)44(56)38-26-36(52(57)58)19-20-40(38)49(42(44)55)27-32-15-17-34(18-16-32)50-30-51(35-13-6-3-7-14-35)43(41(50)54)21-23-45-24-22-43/h2-8,10-20,26,28,31,37,45,53,56H,9,21-25,27,29-30H2,1H3/b10-8+/t31-,37?,44+/m1/s1. The first-order valence-electron chi connectivity index (χ1n) is 19.6. The highest BCUT2D eigenvalue weighted by Crippen LogP contribution is 2.47. The molecule has 2 fully saturated rings. The molecule has 1 spiro atoms. The Hall–Kier alpha value is -6.22. The first-order valence-corrected chi connectivity index (χ1v) is 19.6. The Morgan fingerprint density at radius 3 is 2.33 bits per heavy atom. The highest BCUT2D eigenvalue weighted by molar-refractivity contribution is 6.08. The Balaban J connectivity index is 0.982. The van der Waals surface area contributed by atoms with Gasteiger partial charge >= 0.3 is 0 Å². The molecule has 0 radical (unpaired) electrons. The molecule has 3 atom stereocenters. The maximum absolute atomic E-state index is 14.3. The second-order valence-corrected chi connectivity index (χ2v) is 15.3. The summed E-state index contributed by atoms with van der Waals surface area (Å²) in [7, 11) is 0. The van der Waals surface area contributed by atoms with E-state index in [0.717, 1.165) is 35.6 Å². The largest absolute Gasteiger partial charge is 0.395 e. The molecule has 5 aromatic rings. The van der Waals surface area contributed by atoms with Gasteiger partial charge < -0.3 is 25.3 Å². The quantitative estimate of drug-likeness (QED) is 0.0814. The van der Waals surface area contributed by atoms with E-state index in [9.17, 15) is 29.9 Å². The third-order valence-electron chi connectivity index (χ3n) is 11.9. The third-order valence-corrected chi connectivity index (χ3v) is 11.9. The summed E-state index contributed by atoms with van der Waals surface area (Å²) >= 11 is 0. The van der Waals surface area contributed by atoms with E-state index >= 15 is 0 Å². The Labute approximate surface area is 336 Å². The number of para-hydroxylation sites is 1. The smallest absolute Gasteiger partial charge is 0.269 e. The molecule has 3 N–H and O–H groups in total. The lowest BCUT2D eigenvalue weighted by atomic mass is 9.82. The van der Waals surface area contributed by atoms with Crippen LogP contribution in [0.1, 0.15) is 54.5 Å². The Morgan fingerprint density at radius 1 is 0.931 bits per heavy atom. The Kier molecular flexibility index (Phi) is 10.6. The van der Waals surface area contributed by atoms with Crippen LogP contribution in [0.25, 0.3) is 0 Å². The van der Waals surface area contributed by atoms with Crippen LogP contribution < -0.4 is 20.0 Å². The van der Waals surface area contributed by atoms with Crippen molar-refractivity contribution in [1.29, 1.82) is 0 Å². The summed E-state index contributed by atoms with van der Waals surface area (Å²) in [4.78, 5) is 45.3. The predicted molar refractivity (Wildman–Crippen MR) is 219 cm³/mol. The molecule has 3 aliphatic heterocycles. The molecular formula is C44H46N8O6. The van der Waals surface area contributed by atoms with Gasteiger partial charge in [-0.3, -0.25) is 29.3 Å². The molecule has 4 aromatic carbocycles. The molecule has 1 unspecified atom stereocenters. The number of nitrogens with one attached hydrogen (secondary N) is 1. The number of amides is 2. The second-order valence-electron chi connectivity index (χ2n) is 15.3. The van der Waals surface area contributed by atoms with Crippen molar-refractivity contribution in [2.24, 2.45) is 5.92 Å². The van der Waals surface area contributed by atoms with Crippen LogP contribution in [0.5, 0.6) is 0 Å². The fourth-order valence-electron chi connectivity index (χ4n) is 8.62. The third kappa shape index (κ3) is 6.93. The van der Waals surface area contributed by atoms with E-state index in [4.69, 9.17) is 0 Å². The molecular weight excluding hydrogens is 737 g/mol. The van der Waals surface area contributed by atoms with Crippen LogP contribution in [0.2, 0.25) is 0 Å². The number of rotatable bonds is 13. The van der Waals surface area contributed by atoms with Gasteiger partial charge in [0.25, 0.3) is 17.5 Å². The van der Waals surface area contributed by atoms with Gasteiger partial charge in [-0.1, -0.05) is 85.0 Å². The van der Waals surface area contributed by atoms with E-state index in [2.05, 4.69) is 20.5 Å². The molecule has 4 heterocycles. The summed E-state index contributed by atoms with van der Waals surface area (Å²) in [6.07, 6.45) is 7.30. The van der Waals surface area contributed by atoms with Crippen molar-refractivity contribution in [1.82, 2.24) is 20.3 Å². The number of aryl methyl sites for hydroxylation is 1. The van der Waals surface area contributed by atoms with Crippen molar-refractivity contribution in [2.45, 2.75) is 56.3 Å². The summed E-state index contributed by atoms with van der Waals surface area (Å²) in [5.41, 5.74) is 1.74. The molecule has 2 saturated heterocycles. The number of benzene rings is 4. The van der Waals surface area contributed by atoms with Gasteiger partial charge in [-0.15, -0.1) is 5.10 Å². The normalized spacial score (nSPS) is 19.9. The molecule has 0 aliphatic carbocycles. The van der Waals surface area contributed by atoms with Crippen LogP contribution in [0.3, 0.4) is 0 Å². The minimum absolute atomic E-state index is 0.0624. The minimum atomic E-state index is -2.06. The maximum atomic E-state index is 14.3. The topological polar surface area (TPSA) is 170 Å².